The van der Waals surface area contributed by atoms with Gasteiger partial charge in [-0.1, -0.05) is 24.1 Å². The highest BCUT2D eigenvalue weighted by Gasteiger charge is 2.64. The minimum absolute atomic E-state index is 0.00466. The van der Waals surface area contributed by atoms with Crippen LogP contribution in [0.4, 0.5) is 5.69 Å². The molecule has 3 heterocycles. The summed E-state index contributed by atoms with van der Waals surface area (Å²) in [7, 11) is 0. The topological polar surface area (TPSA) is 108 Å². The van der Waals surface area contributed by atoms with Crippen LogP contribution in [0.5, 0.6) is 0 Å². The monoisotopic (exact) mass is 360 g/mol. The first kappa shape index (κ1) is 16.7. The van der Waals surface area contributed by atoms with Crippen molar-refractivity contribution in [3.63, 3.8) is 0 Å². The van der Waals surface area contributed by atoms with Crippen LogP contribution in [0.25, 0.3) is 0 Å². The maximum atomic E-state index is 13.7. The van der Waals surface area contributed by atoms with Gasteiger partial charge in [-0.2, -0.15) is 5.26 Å². The van der Waals surface area contributed by atoms with E-state index in [4.69, 9.17) is 16.9 Å². The van der Waals surface area contributed by atoms with Crippen molar-refractivity contribution >= 4 is 17.6 Å². The predicted molar refractivity (Wildman–Crippen MR) is 96.5 cm³/mol. The molecule has 4 rings (SSSR count). The summed E-state index contributed by atoms with van der Waals surface area (Å²) in [6, 6.07) is 8.98. The average molecular weight is 360 g/mol. The number of nitriles is 1. The summed E-state index contributed by atoms with van der Waals surface area (Å²) in [6.45, 7) is 3.40. The smallest absolute Gasteiger partial charge is 0.338 e. The first-order valence-corrected chi connectivity index (χ1v) is 8.31. The molecule has 0 saturated heterocycles. The van der Waals surface area contributed by atoms with Crippen molar-refractivity contribution in [1.82, 2.24) is 5.32 Å². The van der Waals surface area contributed by atoms with Crippen LogP contribution in [0.3, 0.4) is 0 Å². The lowest BCUT2D eigenvalue weighted by atomic mass is 9.67. The number of cyclic esters (lactones) is 1. The third-order valence-electron chi connectivity index (χ3n) is 5.21. The number of esters is 1. The van der Waals surface area contributed by atoms with Gasteiger partial charge in [-0.3, -0.25) is 9.69 Å². The fourth-order valence-electron chi connectivity index (χ4n) is 4.14. The molecule has 0 saturated carbocycles. The average Bonchev–Trinajstić information content (AvgIpc) is 2.99. The number of nitrogens with two attached hydrogens (primary N) is 1. The molecule has 3 aliphatic heterocycles. The quantitative estimate of drug-likeness (QED) is 0.566. The lowest BCUT2D eigenvalue weighted by Gasteiger charge is -2.34. The molecular weight excluding hydrogens is 344 g/mol. The van der Waals surface area contributed by atoms with Crippen LogP contribution in [-0.4, -0.2) is 24.0 Å². The first-order valence-electron chi connectivity index (χ1n) is 8.31. The van der Waals surface area contributed by atoms with E-state index in [0.29, 0.717) is 16.9 Å². The molecular formula is C20H16N4O3. The van der Waals surface area contributed by atoms with Gasteiger partial charge in [-0.15, -0.1) is 6.42 Å². The van der Waals surface area contributed by atoms with Crippen molar-refractivity contribution in [3.05, 3.63) is 52.5 Å². The number of para-hydroxylation sites is 1. The highest BCUT2D eigenvalue weighted by atomic mass is 16.6. The van der Waals surface area contributed by atoms with Gasteiger partial charge < -0.3 is 15.8 Å². The second-order valence-electron chi connectivity index (χ2n) is 7.04. The van der Waals surface area contributed by atoms with Crippen LogP contribution in [-0.2, 0) is 19.7 Å². The SMILES string of the molecule is C#CCN1C(=O)[C@]2(C(C#N)=C(N)NC3=C2C(=O)OC3(C)C)c2ccccc21. The number of carbonyl (C=O) groups excluding carboxylic acids is 2. The van der Waals surface area contributed by atoms with Crippen LogP contribution in [0.2, 0.25) is 0 Å². The summed E-state index contributed by atoms with van der Waals surface area (Å²) >= 11 is 0. The van der Waals surface area contributed by atoms with Gasteiger partial charge in [0, 0.05) is 11.3 Å². The zero-order valence-electron chi connectivity index (χ0n) is 14.8. The fraction of sp³-hybridized carbons (Fsp3) is 0.250. The second-order valence-corrected chi connectivity index (χ2v) is 7.04. The number of rotatable bonds is 1. The third kappa shape index (κ3) is 1.81. The van der Waals surface area contributed by atoms with Crippen LogP contribution < -0.4 is 16.0 Å². The summed E-state index contributed by atoms with van der Waals surface area (Å²) in [6.07, 6.45) is 5.46. The van der Waals surface area contributed by atoms with Gasteiger partial charge in [0.05, 0.1) is 23.4 Å². The molecule has 7 heteroatoms. The number of fused-ring (bicyclic) bond motifs is 3. The summed E-state index contributed by atoms with van der Waals surface area (Å²) in [5, 5.41) is 12.8. The molecule has 3 aliphatic rings. The largest absolute Gasteiger partial charge is 0.450 e. The Hall–Kier alpha value is -3.71. The van der Waals surface area contributed by atoms with E-state index in [1.54, 1.807) is 38.1 Å². The molecule has 0 unspecified atom stereocenters. The van der Waals surface area contributed by atoms with Crippen molar-refractivity contribution in [2.24, 2.45) is 5.73 Å². The molecule has 0 radical (unpaired) electrons. The van der Waals surface area contributed by atoms with Gasteiger partial charge in [0.1, 0.15) is 22.9 Å². The Kier molecular flexibility index (Phi) is 3.19. The summed E-state index contributed by atoms with van der Waals surface area (Å²) in [4.78, 5) is 27.9. The number of ether oxygens (including phenoxy) is 1. The first-order chi connectivity index (χ1) is 12.8. The van der Waals surface area contributed by atoms with Crippen molar-refractivity contribution in [2.75, 3.05) is 11.4 Å². The van der Waals surface area contributed by atoms with E-state index in [9.17, 15) is 14.9 Å². The summed E-state index contributed by atoms with van der Waals surface area (Å²) in [5.74, 6) is 1.34. The lowest BCUT2D eigenvalue weighted by Crippen LogP contribution is -2.50. The Morgan fingerprint density at radius 2 is 2.04 bits per heavy atom. The van der Waals surface area contributed by atoms with E-state index in [0.717, 1.165) is 0 Å². The van der Waals surface area contributed by atoms with Gasteiger partial charge in [0.2, 0.25) is 5.91 Å². The molecule has 0 bridgehead atoms. The molecule has 3 N–H and O–H groups in total. The normalized spacial score (nSPS) is 25.0. The van der Waals surface area contributed by atoms with E-state index in [1.165, 1.54) is 4.90 Å². The number of nitrogens with one attached hydrogen (secondary N) is 1. The van der Waals surface area contributed by atoms with E-state index in [2.05, 4.69) is 11.2 Å². The minimum Gasteiger partial charge on any atom is -0.450 e. The number of hydrogen-bond acceptors (Lipinski definition) is 6. The van der Waals surface area contributed by atoms with Crippen molar-refractivity contribution in [1.29, 1.82) is 5.26 Å². The van der Waals surface area contributed by atoms with E-state index >= 15 is 0 Å². The Balaban J connectivity index is 2.15. The molecule has 0 aromatic heterocycles. The summed E-state index contributed by atoms with van der Waals surface area (Å²) < 4.78 is 5.50. The highest BCUT2D eigenvalue weighted by Crippen LogP contribution is 2.55. The molecule has 0 fully saturated rings. The number of terminal acetylenes is 1. The standard InChI is InChI=1S/C20H16N4O3/c1-4-9-24-13-8-6-5-7-11(13)20(18(24)26)12(10-21)16(22)23-15-14(20)17(25)27-19(15,2)3/h1,5-8,23H,9,22H2,2-3H3/t20-/m0/s1. The lowest BCUT2D eigenvalue weighted by molar-refractivity contribution is -0.145. The van der Waals surface area contributed by atoms with E-state index < -0.39 is 22.9 Å². The van der Waals surface area contributed by atoms with E-state index in [-0.39, 0.29) is 23.5 Å². The molecule has 27 heavy (non-hydrogen) atoms. The minimum atomic E-state index is -1.67. The molecule has 7 nitrogen and oxygen atoms in total. The third-order valence-corrected chi connectivity index (χ3v) is 5.21. The van der Waals surface area contributed by atoms with E-state index in [1.807, 2.05) is 6.07 Å². The number of hydrogen-bond donors (Lipinski definition) is 2. The Bertz CT molecular complexity index is 1070. The molecule has 1 amide bonds. The summed E-state index contributed by atoms with van der Waals surface area (Å²) in [5.41, 5.74) is 4.94. The molecule has 134 valence electrons. The van der Waals surface area contributed by atoms with Gasteiger partial charge in [0.25, 0.3) is 0 Å². The predicted octanol–water partition coefficient (Wildman–Crippen LogP) is 0.791. The number of dihydropyridines is 1. The maximum absolute atomic E-state index is 13.7. The van der Waals surface area contributed by atoms with Gasteiger partial charge >= 0.3 is 5.97 Å². The van der Waals surface area contributed by atoms with Gasteiger partial charge in [-0.25, -0.2) is 4.79 Å². The Morgan fingerprint density at radius 3 is 2.70 bits per heavy atom. The molecule has 1 aromatic carbocycles. The Labute approximate surface area is 156 Å². The molecule has 1 spiro atoms. The zero-order valence-corrected chi connectivity index (χ0v) is 14.8. The molecule has 0 aliphatic carbocycles. The molecule has 1 aromatic rings. The van der Waals surface area contributed by atoms with Crippen molar-refractivity contribution in [3.8, 4) is 18.4 Å². The zero-order chi connectivity index (χ0) is 19.6. The number of carbonyl (C=O) groups is 2. The second kappa shape index (κ2) is 5.15. The van der Waals surface area contributed by atoms with Crippen molar-refractivity contribution < 1.29 is 14.3 Å². The van der Waals surface area contributed by atoms with Crippen LogP contribution in [0.1, 0.15) is 19.4 Å². The molecule has 1 atom stereocenters. The van der Waals surface area contributed by atoms with Crippen molar-refractivity contribution in [2.45, 2.75) is 24.9 Å². The number of nitrogens with zero attached hydrogens (tertiary/aromatic N) is 2. The van der Waals surface area contributed by atoms with Gasteiger partial charge in [0.15, 0.2) is 0 Å². The van der Waals surface area contributed by atoms with Crippen LogP contribution >= 0.6 is 0 Å². The number of amides is 1. The van der Waals surface area contributed by atoms with Gasteiger partial charge in [-0.05, 0) is 19.9 Å². The Morgan fingerprint density at radius 1 is 1.33 bits per heavy atom. The van der Waals surface area contributed by atoms with Crippen LogP contribution in [0.15, 0.2) is 46.9 Å². The number of benzene rings is 1. The fourth-order valence-corrected chi connectivity index (χ4v) is 4.14. The maximum Gasteiger partial charge on any atom is 0.338 e. The number of anilines is 1. The van der Waals surface area contributed by atoms with Crippen LogP contribution in [0, 0.1) is 23.7 Å². The highest BCUT2D eigenvalue weighted by molar-refractivity contribution is 6.19.